The summed E-state index contributed by atoms with van der Waals surface area (Å²) in [7, 11) is -0.228. The minimum Gasteiger partial charge on any atom is -0.519 e. The molecule has 0 radical (unpaired) electrons. The van der Waals surface area contributed by atoms with Crippen molar-refractivity contribution in [2.75, 3.05) is 0 Å². The Morgan fingerprint density at radius 1 is 1.27 bits per heavy atom. The van der Waals surface area contributed by atoms with E-state index in [1.165, 1.54) is 0 Å². The van der Waals surface area contributed by atoms with E-state index in [0.717, 1.165) is 29.8 Å². The van der Waals surface area contributed by atoms with Crippen LogP contribution >= 0.6 is 0 Å². The predicted molar refractivity (Wildman–Crippen MR) is 62.1 cm³/mol. The van der Waals surface area contributed by atoms with Crippen molar-refractivity contribution < 1.29 is 9.31 Å². The van der Waals surface area contributed by atoms with Crippen LogP contribution in [0.5, 0.6) is 11.5 Å². The average Bonchev–Trinajstić information content (AvgIpc) is 2.69. The zero-order valence-electron chi connectivity index (χ0n) is 9.19. The third-order valence-electron chi connectivity index (χ3n) is 2.44. The number of rotatable bonds is 3. The molecule has 0 atom stereocenters. The van der Waals surface area contributed by atoms with Gasteiger partial charge in [0.2, 0.25) is 0 Å². The number of hydrogen-bond acceptors (Lipinski definition) is 2. The molecule has 15 heavy (non-hydrogen) atoms. The Kier molecular flexibility index (Phi) is 3.00. The number of benzene rings is 1. The Bertz CT molecular complexity index is 349. The van der Waals surface area contributed by atoms with Crippen LogP contribution in [0.15, 0.2) is 35.8 Å². The highest BCUT2D eigenvalue weighted by Gasteiger charge is 2.32. The molecular weight excluding hydrogens is 187 g/mol. The van der Waals surface area contributed by atoms with Gasteiger partial charge in [-0.3, -0.25) is 0 Å². The van der Waals surface area contributed by atoms with Crippen LogP contribution in [0.4, 0.5) is 0 Å². The van der Waals surface area contributed by atoms with Crippen molar-refractivity contribution in [1.82, 2.24) is 0 Å². The van der Waals surface area contributed by atoms with E-state index in [2.05, 4.69) is 13.0 Å². The van der Waals surface area contributed by atoms with Gasteiger partial charge in [-0.15, -0.1) is 0 Å². The van der Waals surface area contributed by atoms with Gasteiger partial charge in [0.15, 0.2) is 0 Å². The van der Waals surface area contributed by atoms with Crippen LogP contribution in [0.3, 0.4) is 0 Å². The quantitative estimate of drug-likeness (QED) is 0.700. The summed E-state index contributed by atoms with van der Waals surface area (Å²) in [5.41, 5.74) is 1.15. The summed E-state index contributed by atoms with van der Waals surface area (Å²) in [6.07, 6.45) is 4.40. The molecule has 78 valence electrons. The first-order chi connectivity index (χ1) is 7.31. The third kappa shape index (κ3) is 2.17. The fourth-order valence-electron chi connectivity index (χ4n) is 1.55. The second kappa shape index (κ2) is 4.43. The Labute approximate surface area is 91.0 Å². The molecule has 0 N–H and O–H groups in total. The van der Waals surface area contributed by atoms with Gasteiger partial charge in [-0.05, 0) is 30.9 Å². The van der Waals surface area contributed by atoms with Gasteiger partial charge in [0.05, 0.1) is 0 Å². The first-order valence-corrected chi connectivity index (χ1v) is 5.40. The number of unbranched alkanes of at least 4 members (excludes halogenated alkanes) is 1. The molecule has 0 saturated carbocycles. The van der Waals surface area contributed by atoms with Crippen LogP contribution < -0.4 is 9.31 Å². The summed E-state index contributed by atoms with van der Waals surface area (Å²) in [6.45, 7) is 4.21. The Morgan fingerprint density at radius 2 is 1.87 bits per heavy atom. The van der Waals surface area contributed by atoms with E-state index in [0.29, 0.717) is 0 Å². The second-order valence-corrected chi connectivity index (χ2v) is 3.75. The van der Waals surface area contributed by atoms with Crippen molar-refractivity contribution in [3.63, 3.8) is 0 Å². The summed E-state index contributed by atoms with van der Waals surface area (Å²) in [6, 6.07) is 7.77. The van der Waals surface area contributed by atoms with E-state index in [1.54, 1.807) is 0 Å². The van der Waals surface area contributed by atoms with Crippen LogP contribution in [0, 0.1) is 0 Å². The molecule has 1 aromatic carbocycles. The maximum absolute atomic E-state index is 5.68. The van der Waals surface area contributed by atoms with E-state index in [9.17, 15) is 0 Å². The zero-order chi connectivity index (χ0) is 10.7. The maximum Gasteiger partial charge on any atom is 0.627 e. The van der Waals surface area contributed by atoms with E-state index in [1.807, 2.05) is 31.2 Å². The molecule has 0 bridgehead atoms. The molecule has 0 fully saturated rings. The molecule has 1 aliphatic rings. The Balaban J connectivity index is 2.07. The van der Waals surface area contributed by atoms with Crippen LogP contribution in [-0.4, -0.2) is 7.12 Å². The molecule has 0 aliphatic carbocycles. The largest absolute Gasteiger partial charge is 0.627 e. The minimum atomic E-state index is -0.228. The van der Waals surface area contributed by atoms with Gasteiger partial charge in [0, 0.05) is 0 Å². The molecule has 2 nitrogen and oxygen atoms in total. The van der Waals surface area contributed by atoms with E-state index in [-0.39, 0.29) is 7.12 Å². The van der Waals surface area contributed by atoms with Gasteiger partial charge >= 0.3 is 7.12 Å². The summed E-state index contributed by atoms with van der Waals surface area (Å²) in [5.74, 6) is 1.68. The van der Waals surface area contributed by atoms with E-state index in [4.69, 9.17) is 9.31 Å². The van der Waals surface area contributed by atoms with Crippen molar-refractivity contribution in [2.45, 2.75) is 26.7 Å². The predicted octanol–water partition coefficient (Wildman–Crippen LogP) is 3.23. The highest BCUT2D eigenvalue weighted by atomic mass is 16.6. The van der Waals surface area contributed by atoms with Gasteiger partial charge in [0.25, 0.3) is 0 Å². The maximum atomic E-state index is 5.68. The number of para-hydroxylation sites is 2. The fraction of sp³-hybridized carbons (Fsp3) is 0.333. The summed E-state index contributed by atoms with van der Waals surface area (Å²) in [4.78, 5) is 0. The van der Waals surface area contributed by atoms with Crippen molar-refractivity contribution >= 4 is 7.12 Å². The molecule has 0 saturated heterocycles. The standard InChI is InChI=1S/C12H15BO2/c1-3-4-7-10(2)13-14-11-8-5-6-9-12(11)15-13/h5-9H,3-4H2,1-2H3/b10-7+. The molecule has 0 unspecified atom stereocenters. The van der Waals surface area contributed by atoms with E-state index < -0.39 is 0 Å². The summed E-state index contributed by atoms with van der Waals surface area (Å²) >= 11 is 0. The van der Waals surface area contributed by atoms with Gasteiger partial charge in [-0.1, -0.05) is 31.6 Å². The van der Waals surface area contributed by atoms with Crippen molar-refractivity contribution in [3.05, 3.63) is 35.8 Å². The van der Waals surface area contributed by atoms with Crippen molar-refractivity contribution in [3.8, 4) is 11.5 Å². The van der Waals surface area contributed by atoms with Gasteiger partial charge in [0.1, 0.15) is 11.5 Å². The molecule has 3 heteroatoms. The first kappa shape index (κ1) is 10.2. The topological polar surface area (TPSA) is 18.5 Å². The van der Waals surface area contributed by atoms with Crippen LogP contribution in [0.2, 0.25) is 0 Å². The average molecular weight is 202 g/mol. The minimum absolute atomic E-state index is 0.228. The van der Waals surface area contributed by atoms with Crippen molar-refractivity contribution in [2.24, 2.45) is 0 Å². The molecule has 1 aliphatic heterocycles. The molecule has 2 rings (SSSR count). The van der Waals surface area contributed by atoms with Gasteiger partial charge in [-0.25, -0.2) is 0 Å². The summed E-state index contributed by atoms with van der Waals surface area (Å²) in [5, 5.41) is 0. The Hall–Kier alpha value is -1.38. The lowest BCUT2D eigenvalue weighted by Crippen LogP contribution is -2.26. The fourth-order valence-corrected chi connectivity index (χ4v) is 1.55. The lowest BCUT2D eigenvalue weighted by molar-refractivity contribution is 0.511. The number of fused-ring (bicyclic) bond motifs is 1. The first-order valence-electron chi connectivity index (χ1n) is 5.40. The normalized spacial score (nSPS) is 14.5. The van der Waals surface area contributed by atoms with Gasteiger partial charge < -0.3 is 9.31 Å². The molecule has 1 aromatic rings. The lowest BCUT2D eigenvalue weighted by Gasteiger charge is -2.04. The number of allylic oxidation sites excluding steroid dienone is 2. The molecule has 0 aromatic heterocycles. The molecule has 0 spiro atoms. The highest BCUT2D eigenvalue weighted by molar-refractivity contribution is 6.56. The van der Waals surface area contributed by atoms with Gasteiger partial charge in [-0.2, -0.15) is 0 Å². The lowest BCUT2D eigenvalue weighted by atomic mass is 9.79. The molecule has 0 amide bonds. The summed E-state index contributed by atoms with van der Waals surface area (Å²) < 4.78 is 11.4. The van der Waals surface area contributed by atoms with Crippen LogP contribution in [0.25, 0.3) is 0 Å². The van der Waals surface area contributed by atoms with Crippen LogP contribution in [-0.2, 0) is 0 Å². The smallest absolute Gasteiger partial charge is 0.519 e. The van der Waals surface area contributed by atoms with E-state index >= 15 is 0 Å². The zero-order valence-corrected chi connectivity index (χ0v) is 9.19. The molecule has 1 heterocycles. The Morgan fingerprint density at radius 3 is 2.40 bits per heavy atom. The molecular formula is C12H15BO2. The third-order valence-corrected chi connectivity index (χ3v) is 2.44. The second-order valence-electron chi connectivity index (χ2n) is 3.75. The van der Waals surface area contributed by atoms with Crippen LogP contribution in [0.1, 0.15) is 26.7 Å². The SMILES string of the molecule is CCC/C=C(\C)B1Oc2ccccc2O1. The van der Waals surface area contributed by atoms with Crippen molar-refractivity contribution in [1.29, 1.82) is 0 Å². The number of hydrogen-bond donors (Lipinski definition) is 0. The highest BCUT2D eigenvalue weighted by Crippen LogP contribution is 2.34. The monoisotopic (exact) mass is 202 g/mol.